The summed E-state index contributed by atoms with van der Waals surface area (Å²) in [5.41, 5.74) is 1.61. The monoisotopic (exact) mass is 344 g/mol. The summed E-state index contributed by atoms with van der Waals surface area (Å²) >= 11 is 0. The second-order valence-electron chi connectivity index (χ2n) is 5.04. The third-order valence-corrected chi connectivity index (χ3v) is 4.82. The van der Waals surface area contributed by atoms with Crippen molar-refractivity contribution in [3.8, 4) is 11.6 Å². The minimum absolute atomic E-state index is 0.0856. The van der Waals surface area contributed by atoms with Gasteiger partial charge >= 0.3 is 0 Å². The minimum Gasteiger partial charge on any atom is -0.418 e. The van der Waals surface area contributed by atoms with Crippen LogP contribution < -0.4 is 4.72 Å². The number of benzene rings is 1. The van der Waals surface area contributed by atoms with Crippen molar-refractivity contribution in [3.05, 3.63) is 60.1 Å². The maximum absolute atomic E-state index is 12.3. The molecule has 0 saturated carbocycles. The summed E-state index contributed by atoms with van der Waals surface area (Å²) in [6, 6.07) is 12.0. The minimum atomic E-state index is -3.63. The van der Waals surface area contributed by atoms with Crippen LogP contribution in [-0.4, -0.2) is 23.6 Å². The van der Waals surface area contributed by atoms with Crippen molar-refractivity contribution < 1.29 is 12.8 Å². The lowest BCUT2D eigenvalue weighted by atomic mass is 10.2. The molecule has 0 radical (unpaired) electrons. The van der Waals surface area contributed by atoms with Gasteiger partial charge in [-0.05, 0) is 36.2 Å². The van der Waals surface area contributed by atoms with E-state index in [0.29, 0.717) is 5.69 Å². The zero-order chi connectivity index (χ0) is 17.0. The molecule has 3 aromatic rings. The first-order valence-electron chi connectivity index (χ1n) is 7.41. The van der Waals surface area contributed by atoms with E-state index in [0.717, 1.165) is 12.0 Å². The fourth-order valence-corrected chi connectivity index (χ4v) is 3.04. The van der Waals surface area contributed by atoms with Crippen molar-refractivity contribution >= 4 is 10.0 Å². The number of nitrogens with one attached hydrogen (secondary N) is 1. The Morgan fingerprint density at radius 2 is 1.88 bits per heavy atom. The molecular formula is C16H16N4O3S. The van der Waals surface area contributed by atoms with Crippen molar-refractivity contribution in [1.29, 1.82) is 0 Å². The van der Waals surface area contributed by atoms with Crippen molar-refractivity contribution in [2.45, 2.75) is 24.8 Å². The molecule has 0 atom stereocenters. The average molecular weight is 344 g/mol. The molecule has 0 saturated heterocycles. The van der Waals surface area contributed by atoms with Gasteiger partial charge in [-0.2, -0.15) is 0 Å². The smallest absolute Gasteiger partial charge is 0.266 e. The third-order valence-electron chi connectivity index (χ3n) is 3.41. The van der Waals surface area contributed by atoms with Gasteiger partial charge in [-0.25, -0.2) is 13.1 Å². The van der Waals surface area contributed by atoms with Crippen molar-refractivity contribution in [2.75, 3.05) is 0 Å². The Balaban J connectivity index is 1.69. The zero-order valence-corrected chi connectivity index (χ0v) is 13.8. The molecule has 7 nitrogen and oxygen atoms in total. The molecule has 24 heavy (non-hydrogen) atoms. The average Bonchev–Trinajstić information content (AvgIpc) is 3.10. The van der Waals surface area contributed by atoms with Gasteiger partial charge in [0.2, 0.25) is 15.9 Å². The number of hydrogen-bond acceptors (Lipinski definition) is 6. The fraction of sp³-hybridized carbons (Fsp3) is 0.188. The molecule has 2 heterocycles. The normalized spacial score (nSPS) is 11.5. The standard InChI is InChI=1S/C16H16N4O3S/c1-2-12-6-8-13(9-7-12)24(21,22)18-11-15-19-20-16(23-15)14-5-3-4-10-17-14/h3-10,18H,2,11H2,1H3. The Labute approximate surface area is 139 Å². The van der Waals surface area contributed by atoms with Crippen LogP contribution in [0.25, 0.3) is 11.6 Å². The molecule has 0 bridgehead atoms. The van der Waals surface area contributed by atoms with E-state index in [1.54, 1.807) is 48.7 Å². The van der Waals surface area contributed by atoms with Gasteiger partial charge in [-0.15, -0.1) is 10.2 Å². The molecule has 3 rings (SSSR count). The van der Waals surface area contributed by atoms with Crippen molar-refractivity contribution in [2.24, 2.45) is 0 Å². The van der Waals surface area contributed by atoms with Crippen LogP contribution in [0, 0.1) is 0 Å². The van der Waals surface area contributed by atoms with E-state index in [1.165, 1.54) is 0 Å². The Kier molecular flexibility index (Phi) is 4.68. The van der Waals surface area contributed by atoms with Gasteiger partial charge in [0.15, 0.2) is 0 Å². The Morgan fingerprint density at radius 1 is 1.08 bits per heavy atom. The second-order valence-corrected chi connectivity index (χ2v) is 6.80. The summed E-state index contributed by atoms with van der Waals surface area (Å²) in [4.78, 5) is 4.30. The van der Waals surface area contributed by atoms with Crippen LogP contribution in [0.15, 0.2) is 58.0 Å². The Bertz CT molecular complexity index is 906. The highest BCUT2D eigenvalue weighted by molar-refractivity contribution is 7.89. The number of pyridine rings is 1. The van der Waals surface area contributed by atoms with Crippen LogP contribution in [0.1, 0.15) is 18.4 Å². The number of nitrogens with zero attached hydrogens (tertiary/aromatic N) is 3. The quantitative estimate of drug-likeness (QED) is 0.736. The number of sulfonamides is 1. The van der Waals surface area contributed by atoms with E-state index in [9.17, 15) is 8.42 Å². The highest BCUT2D eigenvalue weighted by Gasteiger charge is 2.16. The predicted octanol–water partition coefficient (Wildman–Crippen LogP) is 2.17. The first-order chi connectivity index (χ1) is 11.6. The third kappa shape index (κ3) is 3.66. The lowest BCUT2D eigenvalue weighted by Crippen LogP contribution is -2.23. The number of rotatable bonds is 6. The molecule has 0 amide bonds. The lowest BCUT2D eigenvalue weighted by molar-refractivity contribution is 0.493. The van der Waals surface area contributed by atoms with Gasteiger partial charge in [-0.1, -0.05) is 25.1 Å². The first-order valence-corrected chi connectivity index (χ1v) is 8.89. The lowest BCUT2D eigenvalue weighted by Gasteiger charge is -2.05. The predicted molar refractivity (Wildman–Crippen MR) is 87.4 cm³/mol. The van der Waals surface area contributed by atoms with Crippen LogP contribution in [0.5, 0.6) is 0 Å². The Hall–Kier alpha value is -2.58. The first kappa shape index (κ1) is 16.3. The van der Waals surface area contributed by atoms with Gasteiger partial charge in [0, 0.05) is 6.20 Å². The van der Waals surface area contributed by atoms with Gasteiger partial charge < -0.3 is 4.42 Å². The van der Waals surface area contributed by atoms with Crippen LogP contribution in [0.2, 0.25) is 0 Å². The number of hydrogen-bond donors (Lipinski definition) is 1. The van der Waals surface area contributed by atoms with Crippen LogP contribution in [0.3, 0.4) is 0 Å². The molecule has 0 aliphatic rings. The topological polar surface area (TPSA) is 98.0 Å². The van der Waals surface area contributed by atoms with E-state index < -0.39 is 10.0 Å². The summed E-state index contributed by atoms with van der Waals surface area (Å²) in [5.74, 6) is 0.418. The Morgan fingerprint density at radius 3 is 2.54 bits per heavy atom. The maximum atomic E-state index is 12.3. The van der Waals surface area contributed by atoms with Crippen molar-refractivity contribution in [1.82, 2.24) is 19.9 Å². The SMILES string of the molecule is CCc1ccc(S(=O)(=O)NCc2nnc(-c3ccccn3)o2)cc1. The fourth-order valence-electron chi connectivity index (χ4n) is 2.06. The van der Waals surface area contributed by atoms with E-state index in [4.69, 9.17) is 4.42 Å². The summed E-state index contributed by atoms with van der Waals surface area (Å²) in [5, 5.41) is 7.70. The van der Waals surface area contributed by atoms with Gasteiger partial charge in [0.1, 0.15) is 5.69 Å². The molecule has 1 N–H and O–H groups in total. The van der Waals surface area contributed by atoms with Crippen LogP contribution in [-0.2, 0) is 23.0 Å². The van der Waals surface area contributed by atoms with Gasteiger partial charge in [0.05, 0.1) is 11.4 Å². The number of aryl methyl sites for hydroxylation is 1. The maximum Gasteiger partial charge on any atom is 0.266 e. The van der Waals surface area contributed by atoms with Crippen molar-refractivity contribution in [3.63, 3.8) is 0 Å². The summed E-state index contributed by atoms with van der Waals surface area (Å²) in [6.07, 6.45) is 2.47. The van der Waals surface area contributed by atoms with Gasteiger partial charge in [0.25, 0.3) is 5.89 Å². The van der Waals surface area contributed by atoms with Crippen LogP contribution >= 0.6 is 0 Å². The molecule has 0 spiro atoms. The second kappa shape index (κ2) is 6.90. The van der Waals surface area contributed by atoms with E-state index in [2.05, 4.69) is 19.9 Å². The molecule has 0 unspecified atom stereocenters. The summed E-state index contributed by atoms with van der Waals surface area (Å²) in [7, 11) is -3.63. The molecule has 8 heteroatoms. The van der Waals surface area contributed by atoms with Gasteiger partial charge in [-0.3, -0.25) is 4.98 Å². The largest absolute Gasteiger partial charge is 0.418 e. The molecule has 0 aliphatic heterocycles. The van der Waals surface area contributed by atoms with Crippen LogP contribution in [0.4, 0.5) is 0 Å². The zero-order valence-electron chi connectivity index (χ0n) is 13.0. The van der Waals surface area contributed by atoms with E-state index >= 15 is 0 Å². The molecule has 124 valence electrons. The molecule has 0 fully saturated rings. The summed E-state index contributed by atoms with van der Waals surface area (Å²) in [6.45, 7) is 1.92. The highest BCUT2D eigenvalue weighted by atomic mass is 32.2. The molecule has 0 aliphatic carbocycles. The molecular weight excluding hydrogens is 328 g/mol. The van der Waals surface area contributed by atoms with E-state index in [-0.39, 0.29) is 23.2 Å². The highest BCUT2D eigenvalue weighted by Crippen LogP contribution is 2.15. The summed E-state index contributed by atoms with van der Waals surface area (Å²) < 4.78 is 32.4. The molecule has 2 aromatic heterocycles. The van der Waals surface area contributed by atoms with E-state index in [1.807, 2.05) is 6.92 Å². The number of aromatic nitrogens is 3. The molecule has 1 aromatic carbocycles.